The number of nitrogens with one attached hydrogen (secondary N) is 1. The van der Waals surface area contributed by atoms with Crippen LogP contribution in [0.4, 0.5) is 5.69 Å². The number of fused-ring (bicyclic) bond motifs is 2. The fourth-order valence-electron chi connectivity index (χ4n) is 6.66. The van der Waals surface area contributed by atoms with Gasteiger partial charge in [-0.1, -0.05) is 18.2 Å². The van der Waals surface area contributed by atoms with E-state index in [1.165, 1.54) is 17.4 Å². The van der Waals surface area contributed by atoms with Gasteiger partial charge in [0.25, 0.3) is 0 Å². The van der Waals surface area contributed by atoms with E-state index in [2.05, 4.69) is 31.4 Å². The highest BCUT2D eigenvalue weighted by Gasteiger charge is 2.71. The fourth-order valence-corrected chi connectivity index (χ4v) is 6.66. The number of nitrogens with zero attached hydrogens (tertiary/aromatic N) is 1. The van der Waals surface area contributed by atoms with Crippen molar-refractivity contribution in [2.75, 3.05) is 25.5 Å². The number of aromatic hydroxyl groups is 1. The monoisotopic (exact) mass is 325 g/mol. The molecule has 2 bridgehead atoms. The Labute approximate surface area is 142 Å². The highest BCUT2D eigenvalue weighted by atomic mass is 16.3. The predicted molar refractivity (Wildman–Crippen MR) is 92.9 cm³/mol. The molecule has 4 heteroatoms. The third-order valence-corrected chi connectivity index (χ3v) is 7.66. The average Bonchev–Trinajstić information content (AvgIpc) is 3.09. The number of phenolic OH excluding ortho intramolecular Hbond substituents is 1. The number of aldehydes is 1. The molecule has 4 aliphatic rings. The van der Waals surface area contributed by atoms with Gasteiger partial charge in [0.05, 0.1) is 30.7 Å². The number of para-hydroxylation sites is 1. The molecule has 0 unspecified atom stereocenters. The summed E-state index contributed by atoms with van der Waals surface area (Å²) in [6.07, 6.45) is 5.61. The number of phenols is 1. The Morgan fingerprint density at radius 3 is 3.00 bits per heavy atom. The number of benzene rings is 1. The van der Waals surface area contributed by atoms with Gasteiger partial charge in [-0.25, -0.2) is 0 Å². The van der Waals surface area contributed by atoms with Crippen LogP contribution >= 0.6 is 0 Å². The van der Waals surface area contributed by atoms with Crippen LogP contribution in [0.15, 0.2) is 29.8 Å². The molecule has 126 valence electrons. The summed E-state index contributed by atoms with van der Waals surface area (Å²) >= 11 is 0. The van der Waals surface area contributed by atoms with Crippen molar-refractivity contribution in [2.24, 2.45) is 11.8 Å². The van der Waals surface area contributed by atoms with Crippen molar-refractivity contribution in [3.8, 4) is 5.75 Å². The summed E-state index contributed by atoms with van der Waals surface area (Å²) in [6.45, 7) is 4.33. The summed E-state index contributed by atoms with van der Waals surface area (Å²) in [5.74, 6) is 0.665. The van der Waals surface area contributed by atoms with Crippen molar-refractivity contribution < 1.29 is 14.4 Å². The summed E-state index contributed by atoms with van der Waals surface area (Å²) in [5, 5.41) is 14.0. The van der Waals surface area contributed by atoms with Crippen molar-refractivity contribution in [3.63, 3.8) is 0 Å². The molecule has 2 saturated heterocycles. The quantitative estimate of drug-likeness (QED) is 0.361. The lowest BCUT2D eigenvalue weighted by atomic mass is 9.55. The van der Waals surface area contributed by atoms with Gasteiger partial charge in [-0.3, -0.25) is 0 Å². The second kappa shape index (κ2) is 4.42. The van der Waals surface area contributed by atoms with Crippen molar-refractivity contribution in [3.05, 3.63) is 35.4 Å². The number of hydrogen-bond acceptors (Lipinski definition) is 3. The number of anilines is 1. The molecule has 0 amide bonds. The number of carbonyl (C=O) groups is 1. The van der Waals surface area contributed by atoms with E-state index < -0.39 is 0 Å². The van der Waals surface area contributed by atoms with Crippen LogP contribution in [-0.2, 0) is 10.2 Å². The lowest BCUT2D eigenvalue weighted by molar-refractivity contribution is -0.924. The molecule has 3 aliphatic heterocycles. The summed E-state index contributed by atoms with van der Waals surface area (Å²) in [7, 11) is 2.39. The minimum atomic E-state index is -0.00975. The van der Waals surface area contributed by atoms with E-state index in [-0.39, 0.29) is 17.4 Å². The van der Waals surface area contributed by atoms with Gasteiger partial charge in [0.1, 0.15) is 24.6 Å². The molecule has 6 atom stereocenters. The third-order valence-electron chi connectivity index (χ3n) is 7.66. The number of hydrogen-bond donors (Lipinski definition) is 2. The zero-order chi connectivity index (χ0) is 16.7. The number of carbonyl (C=O) groups excluding carboxylic acids is 1. The molecule has 1 saturated carbocycles. The van der Waals surface area contributed by atoms with Crippen LogP contribution in [0.1, 0.15) is 25.3 Å². The first kappa shape index (κ1) is 14.5. The van der Waals surface area contributed by atoms with Crippen molar-refractivity contribution in [2.45, 2.75) is 37.3 Å². The lowest BCUT2D eigenvalue weighted by Crippen LogP contribution is -2.67. The van der Waals surface area contributed by atoms with Gasteiger partial charge >= 0.3 is 0 Å². The molecule has 1 aromatic rings. The Bertz CT molecular complexity index is 773. The number of piperidine rings is 1. The van der Waals surface area contributed by atoms with Crippen LogP contribution in [0.5, 0.6) is 5.75 Å². The standard InChI is InChI=1S/C20H24N2O2/c1-3-12-10-22(2)8-7-20-15-5-4-6-16(24)18(15)21-19(20)14(11-23)13(12)9-17(20)22/h3-6,11,13-14,17,19,21H,7-10H2,1-2H3/p+1/b12-3+/t13-,14+,17+,19-,20+,22-/m0/s1. The van der Waals surface area contributed by atoms with E-state index in [1.54, 1.807) is 6.07 Å². The van der Waals surface area contributed by atoms with E-state index in [4.69, 9.17) is 0 Å². The van der Waals surface area contributed by atoms with Crippen LogP contribution in [0.2, 0.25) is 0 Å². The highest BCUT2D eigenvalue weighted by molar-refractivity contribution is 5.74. The zero-order valence-electron chi connectivity index (χ0n) is 14.3. The Kier molecular flexibility index (Phi) is 2.68. The molecule has 3 fully saturated rings. The van der Waals surface area contributed by atoms with Crippen molar-refractivity contribution in [1.82, 2.24) is 0 Å². The van der Waals surface area contributed by atoms with Gasteiger partial charge < -0.3 is 19.7 Å². The van der Waals surface area contributed by atoms with E-state index in [9.17, 15) is 9.90 Å². The Morgan fingerprint density at radius 2 is 2.25 bits per heavy atom. The molecule has 0 radical (unpaired) electrons. The van der Waals surface area contributed by atoms with Crippen LogP contribution in [-0.4, -0.2) is 48.1 Å². The summed E-state index contributed by atoms with van der Waals surface area (Å²) in [4.78, 5) is 12.1. The molecule has 3 heterocycles. The minimum absolute atomic E-state index is 0.00824. The Balaban J connectivity index is 1.76. The van der Waals surface area contributed by atoms with Gasteiger partial charge in [0.2, 0.25) is 0 Å². The second-order valence-corrected chi connectivity index (χ2v) is 8.41. The van der Waals surface area contributed by atoms with Gasteiger partial charge in [0.15, 0.2) is 0 Å². The molecule has 0 aromatic heterocycles. The first-order valence-corrected chi connectivity index (χ1v) is 9.09. The maximum absolute atomic E-state index is 12.1. The van der Waals surface area contributed by atoms with Gasteiger partial charge in [0, 0.05) is 24.7 Å². The Hall–Kier alpha value is -1.81. The van der Waals surface area contributed by atoms with E-state index in [1.807, 2.05) is 6.07 Å². The molecular formula is C20H25N2O2+. The Morgan fingerprint density at radius 1 is 1.42 bits per heavy atom. The molecule has 24 heavy (non-hydrogen) atoms. The normalized spacial score (nSPS) is 46.3. The number of rotatable bonds is 1. The van der Waals surface area contributed by atoms with Crippen molar-refractivity contribution >= 4 is 12.0 Å². The lowest BCUT2D eigenvalue weighted by Gasteiger charge is -2.55. The molecule has 5 rings (SSSR count). The number of quaternary nitrogens is 1. The molecule has 1 aromatic carbocycles. The molecule has 2 N–H and O–H groups in total. The maximum atomic E-state index is 12.1. The molecule has 1 spiro atoms. The van der Waals surface area contributed by atoms with Crippen LogP contribution in [0.25, 0.3) is 0 Å². The van der Waals surface area contributed by atoms with Crippen LogP contribution in [0, 0.1) is 11.8 Å². The predicted octanol–water partition coefficient (Wildman–Crippen LogP) is 2.44. The zero-order valence-corrected chi connectivity index (χ0v) is 14.3. The first-order valence-electron chi connectivity index (χ1n) is 9.09. The second-order valence-electron chi connectivity index (χ2n) is 8.41. The van der Waals surface area contributed by atoms with Gasteiger partial charge in [-0.05, 0) is 24.1 Å². The topological polar surface area (TPSA) is 49.3 Å². The third kappa shape index (κ3) is 1.43. The maximum Gasteiger partial charge on any atom is 0.138 e. The minimum Gasteiger partial charge on any atom is -0.506 e. The largest absolute Gasteiger partial charge is 0.506 e. The molecule has 1 aliphatic carbocycles. The van der Waals surface area contributed by atoms with Crippen molar-refractivity contribution in [1.29, 1.82) is 0 Å². The average molecular weight is 325 g/mol. The SMILES string of the molecule is C/C=C1\C[N@+]2(C)CC[C@]34c5cccc(O)c5N[C@H]3[C@H](C=O)[C@H]1C[C@H]42. The highest BCUT2D eigenvalue weighted by Crippen LogP contribution is 2.63. The molecule has 4 nitrogen and oxygen atoms in total. The molecular weight excluding hydrogens is 300 g/mol. The first-order chi connectivity index (χ1) is 11.5. The van der Waals surface area contributed by atoms with E-state index >= 15 is 0 Å². The fraction of sp³-hybridized carbons (Fsp3) is 0.550. The van der Waals surface area contributed by atoms with Gasteiger partial charge in [-0.2, -0.15) is 0 Å². The smallest absolute Gasteiger partial charge is 0.138 e. The van der Waals surface area contributed by atoms with E-state index in [0.29, 0.717) is 17.7 Å². The van der Waals surface area contributed by atoms with Gasteiger partial charge in [-0.15, -0.1) is 0 Å². The summed E-state index contributed by atoms with van der Waals surface area (Å²) in [6, 6.07) is 6.52. The van der Waals surface area contributed by atoms with E-state index in [0.717, 1.165) is 36.1 Å². The van der Waals surface area contributed by atoms with Crippen LogP contribution in [0.3, 0.4) is 0 Å². The number of allylic oxidation sites excluding steroid dienone is 1. The summed E-state index contributed by atoms with van der Waals surface area (Å²) in [5.41, 5.74) is 3.55. The van der Waals surface area contributed by atoms with Crippen LogP contribution < -0.4 is 5.32 Å². The number of likely N-dealkylation sites (N-methyl/N-ethyl adjacent to an activating group) is 1. The summed E-state index contributed by atoms with van der Waals surface area (Å²) < 4.78 is 1.08.